The molecule has 1 amide bonds. The van der Waals surface area contributed by atoms with Gasteiger partial charge in [0.1, 0.15) is 30.0 Å². The van der Waals surface area contributed by atoms with Crippen molar-refractivity contribution < 1.29 is 34.0 Å². The zero-order valence-corrected chi connectivity index (χ0v) is 28.0. The summed E-state index contributed by atoms with van der Waals surface area (Å²) in [5.74, 6) is 1.25. The van der Waals surface area contributed by atoms with Gasteiger partial charge in [-0.2, -0.15) is 0 Å². The minimum atomic E-state index is -0.754. The summed E-state index contributed by atoms with van der Waals surface area (Å²) < 4.78 is 16.9. The number of aromatic nitrogens is 2. The van der Waals surface area contributed by atoms with Crippen LogP contribution in [0.5, 0.6) is 17.2 Å². The van der Waals surface area contributed by atoms with E-state index >= 15 is 0 Å². The second-order valence-corrected chi connectivity index (χ2v) is 10.7. The number of benzene rings is 3. The van der Waals surface area contributed by atoms with Crippen LogP contribution in [0.2, 0.25) is 0 Å². The molecule has 5 rings (SSSR count). The zero-order valence-electron chi connectivity index (χ0n) is 26.4. The average Bonchev–Trinajstić information content (AvgIpc) is 3.56. The number of hydrogen-bond acceptors (Lipinski definition) is 9. The van der Waals surface area contributed by atoms with E-state index in [1.165, 1.54) is 0 Å². The molecule has 0 saturated heterocycles. The van der Waals surface area contributed by atoms with Gasteiger partial charge in [-0.05, 0) is 73.5 Å². The highest BCUT2D eigenvalue weighted by Crippen LogP contribution is 2.30. The maximum atomic E-state index is 12.6. The molecule has 0 bridgehead atoms. The molecule has 3 aromatic carbocycles. The molecule has 0 aliphatic carbocycles. The van der Waals surface area contributed by atoms with E-state index in [4.69, 9.17) is 14.2 Å². The van der Waals surface area contributed by atoms with Crippen LogP contribution >= 0.6 is 24.8 Å². The van der Waals surface area contributed by atoms with Gasteiger partial charge in [-0.25, -0.2) is 0 Å². The molecule has 0 aliphatic rings. The van der Waals surface area contributed by atoms with Crippen molar-refractivity contribution in [3.63, 3.8) is 0 Å². The van der Waals surface area contributed by atoms with E-state index in [-0.39, 0.29) is 75.5 Å². The predicted molar refractivity (Wildman–Crippen MR) is 189 cm³/mol. The van der Waals surface area contributed by atoms with Gasteiger partial charge < -0.3 is 40.0 Å². The van der Waals surface area contributed by atoms with E-state index in [1.54, 1.807) is 37.4 Å². The Bertz CT molecular complexity index is 1770. The minimum Gasteiger partial charge on any atom is -0.490 e. The first-order chi connectivity index (χ1) is 22.4. The number of nitrogens with one attached hydrogen (secondary N) is 3. The molecule has 2 aromatic heterocycles. The third-order valence-corrected chi connectivity index (χ3v) is 7.37. The van der Waals surface area contributed by atoms with E-state index < -0.39 is 6.10 Å². The maximum absolute atomic E-state index is 12.6. The highest BCUT2D eigenvalue weighted by atomic mass is 35.5. The number of halogens is 2. The third kappa shape index (κ3) is 10.3. The second-order valence-electron chi connectivity index (χ2n) is 10.7. The normalized spacial score (nSPS) is 12.0. The lowest BCUT2D eigenvalue weighted by Gasteiger charge is -2.20. The van der Waals surface area contributed by atoms with Gasteiger partial charge in [-0.1, -0.05) is 18.2 Å². The fourth-order valence-electron chi connectivity index (χ4n) is 5.00. The number of aliphatic hydroxyl groups excluding tert-OH is 2. The Morgan fingerprint density at radius 2 is 1.79 bits per heavy atom. The van der Waals surface area contributed by atoms with E-state index in [0.29, 0.717) is 41.4 Å². The molecule has 2 heterocycles. The number of hydrogen-bond donors (Lipinski definition) is 5. The molecular formula is C35H40Cl2N4O7. The molecule has 13 heteroatoms. The Labute approximate surface area is 290 Å². The minimum absolute atomic E-state index is 0. The van der Waals surface area contributed by atoms with Gasteiger partial charge in [0.2, 0.25) is 0 Å². The van der Waals surface area contributed by atoms with Gasteiger partial charge in [-0.15, -0.1) is 24.8 Å². The van der Waals surface area contributed by atoms with Gasteiger partial charge in [0.05, 0.1) is 25.2 Å². The Kier molecular flexibility index (Phi) is 14.9. The Hall–Kier alpha value is -4.39. The summed E-state index contributed by atoms with van der Waals surface area (Å²) in [6.45, 7) is 2.51. The van der Waals surface area contributed by atoms with Gasteiger partial charge >= 0.3 is 5.97 Å². The van der Waals surface area contributed by atoms with E-state index in [2.05, 4.69) is 20.6 Å². The molecule has 0 spiro atoms. The number of aromatic amines is 1. The maximum Gasteiger partial charge on any atom is 0.307 e. The molecule has 0 aliphatic heterocycles. The topological polar surface area (TPSA) is 155 Å². The van der Waals surface area contributed by atoms with Gasteiger partial charge in [0.25, 0.3) is 5.91 Å². The van der Waals surface area contributed by atoms with Crippen LogP contribution in [0.4, 0.5) is 0 Å². The summed E-state index contributed by atoms with van der Waals surface area (Å²) >= 11 is 0. The predicted octanol–water partition coefficient (Wildman–Crippen LogP) is 4.97. The monoisotopic (exact) mass is 698 g/mol. The van der Waals surface area contributed by atoms with Crippen molar-refractivity contribution in [3.8, 4) is 17.2 Å². The quantitative estimate of drug-likeness (QED) is 0.0899. The van der Waals surface area contributed by atoms with Gasteiger partial charge in [0.15, 0.2) is 0 Å². The number of amides is 1. The molecule has 2 atom stereocenters. The molecule has 0 unspecified atom stereocenters. The van der Waals surface area contributed by atoms with Crippen molar-refractivity contribution in [2.75, 3.05) is 32.9 Å². The molecule has 5 aromatic rings. The summed E-state index contributed by atoms with van der Waals surface area (Å²) in [7, 11) is 0. The summed E-state index contributed by atoms with van der Waals surface area (Å²) in [6, 6.07) is 21.9. The van der Waals surface area contributed by atoms with E-state index in [9.17, 15) is 19.8 Å². The lowest BCUT2D eigenvalue weighted by Crippen LogP contribution is -2.41. The molecular weight excluding hydrogens is 659 g/mol. The first kappa shape index (κ1) is 38.1. The molecule has 0 saturated carbocycles. The molecule has 5 N–H and O–H groups in total. The van der Waals surface area contributed by atoms with Crippen molar-refractivity contribution in [2.45, 2.75) is 31.9 Å². The van der Waals surface area contributed by atoms with Crippen molar-refractivity contribution in [2.24, 2.45) is 0 Å². The van der Waals surface area contributed by atoms with Crippen molar-refractivity contribution in [1.82, 2.24) is 20.6 Å². The van der Waals surface area contributed by atoms with Crippen LogP contribution in [0.15, 0.2) is 85.2 Å². The summed E-state index contributed by atoms with van der Waals surface area (Å²) in [5, 5.41) is 28.1. The summed E-state index contributed by atoms with van der Waals surface area (Å²) in [4.78, 5) is 31.6. The SMILES string of the molecule is CCOC(=O)CCNC(=O)c1ccc2c(Oc3ccc(C[C@@H](CO)NC[C@H](O)COc4cccc5[nH]ccc45)cc3)ccnc2c1.Cl.Cl. The van der Waals surface area contributed by atoms with Crippen LogP contribution in [0.3, 0.4) is 0 Å². The Morgan fingerprint density at radius 3 is 2.56 bits per heavy atom. The van der Waals surface area contributed by atoms with E-state index in [0.717, 1.165) is 21.9 Å². The molecule has 0 fully saturated rings. The number of carbonyl (C=O) groups is 2. The fraction of sp³-hybridized carbons (Fsp3) is 0.286. The number of H-pyrrole nitrogens is 1. The van der Waals surface area contributed by atoms with Gasteiger partial charge in [-0.3, -0.25) is 14.6 Å². The molecule has 11 nitrogen and oxygen atoms in total. The van der Waals surface area contributed by atoms with Crippen molar-refractivity contribution in [3.05, 3.63) is 96.3 Å². The second kappa shape index (κ2) is 18.8. The van der Waals surface area contributed by atoms with Crippen LogP contribution in [0.1, 0.15) is 29.3 Å². The number of nitrogens with zero attached hydrogens (tertiary/aromatic N) is 1. The Morgan fingerprint density at radius 1 is 0.979 bits per heavy atom. The average molecular weight is 700 g/mol. The highest BCUT2D eigenvalue weighted by Gasteiger charge is 2.14. The number of ether oxygens (including phenoxy) is 3. The van der Waals surface area contributed by atoms with Crippen LogP contribution < -0.4 is 20.1 Å². The lowest BCUT2D eigenvalue weighted by atomic mass is 10.1. The van der Waals surface area contributed by atoms with E-state index in [1.807, 2.05) is 54.7 Å². The Balaban J connectivity index is 0.00000312. The van der Waals surface area contributed by atoms with Crippen molar-refractivity contribution >= 4 is 58.5 Å². The van der Waals surface area contributed by atoms with Crippen LogP contribution in [-0.4, -0.2) is 77.1 Å². The lowest BCUT2D eigenvalue weighted by molar-refractivity contribution is -0.142. The number of esters is 1. The fourth-order valence-corrected chi connectivity index (χ4v) is 5.00. The van der Waals surface area contributed by atoms with Crippen molar-refractivity contribution in [1.29, 1.82) is 0 Å². The van der Waals surface area contributed by atoms with Crippen LogP contribution in [0, 0.1) is 0 Å². The molecule has 256 valence electrons. The number of aliphatic hydroxyl groups is 2. The first-order valence-corrected chi connectivity index (χ1v) is 15.2. The summed E-state index contributed by atoms with van der Waals surface area (Å²) in [5.41, 5.74) is 2.98. The number of rotatable bonds is 16. The highest BCUT2D eigenvalue weighted by molar-refractivity contribution is 5.99. The number of carbonyl (C=O) groups excluding carboxylic acids is 2. The third-order valence-electron chi connectivity index (χ3n) is 7.37. The molecule has 0 radical (unpaired) electrons. The smallest absolute Gasteiger partial charge is 0.307 e. The van der Waals surface area contributed by atoms with Crippen LogP contribution in [0.25, 0.3) is 21.8 Å². The zero-order chi connectivity index (χ0) is 32.3. The molecule has 48 heavy (non-hydrogen) atoms. The summed E-state index contributed by atoms with van der Waals surface area (Å²) in [6.07, 6.45) is 3.36. The van der Waals surface area contributed by atoms with Gasteiger partial charge in [0, 0.05) is 53.4 Å². The van der Waals surface area contributed by atoms with Crippen LogP contribution in [-0.2, 0) is 16.0 Å². The first-order valence-electron chi connectivity index (χ1n) is 15.2. The largest absolute Gasteiger partial charge is 0.490 e. The number of pyridine rings is 1. The standard InChI is InChI=1S/C35H38N4O7.2ClH/c1-2-44-34(42)14-17-38-35(43)24-8-11-28-31(19-24)37-16-13-33(28)46-27-9-6-23(7-10-27)18-25(21-40)39-20-26(41)22-45-32-5-3-4-30-29(32)12-15-36-30;;/h3-13,15-16,19,25-26,36,39-41H,2,14,17-18,20-22H2,1H3,(H,38,43);2*1H/t25-,26-;;/m0../s1. The number of fused-ring (bicyclic) bond motifs is 2.